The molecule has 6 nitrogen and oxygen atoms in total. The van der Waals surface area contributed by atoms with Gasteiger partial charge in [-0.3, -0.25) is 14.0 Å². The third-order valence-electron chi connectivity index (χ3n) is 8.69. The summed E-state index contributed by atoms with van der Waals surface area (Å²) in [5, 5.41) is 5.04. The van der Waals surface area contributed by atoms with Crippen molar-refractivity contribution >= 4 is 28.2 Å². The average molecular weight is 508 g/mol. The summed E-state index contributed by atoms with van der Waals surface area (Å²) in [6.45, 7) is 9.64. The van der Waals surface area contributed by atoms with Crippen LogP contribution in [0.4, 0.5) is 0 Å². The number of rotatable bonds is 7. The number of thiazole rings is 1. The molecule has 2 aliphatic carbocycles. The van der Waals surface area contributed by atoms with Crippen LogP contribution in [0.25, 0.3) is 4.96 Å². The van der Waals surface area contributed by atoms with Crippen molar-refractivity contribution in [1.29, 1.82) is 0 Å². The summed E-state index contributed by atoms with van der Waals surface area (Å²) in [6.07, 6.45) is 9.49. The fraction of sp³-hybridized carbons (Fsp3) is 0.552. The highest BCUT2D eigenvalue weighted by Gasteiger charge is 2.51. The quantitative estimate of drug-likeness (QED) is 0.433. The van der Waals surface area contributed by atoms with Crippen LogP contribution in [0.3, 0.4) is 0 Å². The average Bonchev–Trinajstić information content (AvgIpc) is 3.43. The lowest BCUT2D eigenvalue weighted by atomic mass is 9.49. The van der Waals surface area contributed by atoms with Gasteiger partial charge in [-0.05, 0) is 65.0 Å². The van der Waals surface area contributed by atoms with E-state index in [-0.39, 0.29) is 29.8 Å². The van der Waals surface area contributed by atoms with Gasteiger partial charge < -0.3 is 10.1 Å². The maximum absolute atomic E-state index is 12.6. The van der Waals surface area contributed by atoms with E-state index in [1.165, 1.54) is 34.4 Å². The second kappa shape index (κ2) is 9.66. The Morgan fingerprint density at radius 3 is 2.89 bits per heavy atom. The summed E-state index contributed by atoms with van der Waals surface area (Å²) in [7, 11) is 0. The lowest BCUT2D eigenvalue weighted by Gasteiger charge is -2.55. The summed E-state index contributed by atoms with van der Waals surface area (Å²) in [4.78, 5) is 30.1. The number of benzene rings is 1. The van der Waals surface area contributed by atoms with Crippen molar-refractivity contribution in [1.82, 2.24) is 14.7 Å². The highest BCUT2D eigenvalue weighted by Crippen LogP contribution is 2.57. The van der Waals surface area contributed by atoms with E-state index in [4.69, 9.17) is 4.74 Å². The van der Waals surface area contributed by atoms with Crippen LogP contribution in [-0.2, 0) is 32.6 Å². The fourth-order valence-corrected chi connectivity index (χ4v) is 7.49. The van der Waals surface area contributed by atoms with Gasteiger partial charge in [0.15, 0.2) is 11.6 Å². The van der Waals surface area contributed by atoms with Gasteiger partial charge in [-0.1, -0.05) is 52.3 Å². The smallest absolute Gasteiger partial charge is 0.312 e. The molecule has 2 aliphatic rings. The lowest BCUT2D eigenvalue weighted by Crippen LogP contribution is -2.53. The number of amides is 1. The minimum atomic E-state index is -0.433. The molecular weight excluding hydrogens is 470 g/mol. The summed E-state index contributed by atoms with van der Waals surface area (Å²) >= 11 is 1.51. The van der Waals surface area contributed by atoms with E-state index >= 15 is 0 Å². The van der Waals surface area contributed by atoms with Crippen molar-refractivity contribution in [3.05, 3.63) is 58.4 Å². The number of fused-ring (bicyclic) bond motifs is 4. The standard InChI is InChI=1S/C29H37N3O3S/c1-19(2)20-6-8-23-21(14-20)7-9-24-28(3,10-5-11-29(23,24)4)18-30-25(33)17-35-26(34)15-22-16-32-12-13-36-27(32)31-22/h6,8,12-14,16,19,24H,5,7,9-11,15,17-18H2,1-4H3,(H,30,33). The number of ether oxygens (including phenoxy) is 1. The van der Waals surface area contributed by atoms with Crippen molar-refractivity contribution in [3.8, 4) is 0 Å². The maximum Gasteiger partial charge on any atom is 0.312 e. The van der Waals surface area contributed by atoms with E-state index in [2.05, 4.69) is 56.2 Å². The molecule has 1 aromatic carbocycles. The largest absolute Gasteiger partial charge is 0.455 e. The summed E-state index contributed by atoms with van der Waals surface area (Å²) in [6, 6.07) is 7.12. The number of hydrogen-bond acceptors (Lipinski definition) is 5. The molecule has 3 unspecified atom stereocenters. The molecule has 2 heterocycles. The number of nitrogens with zero attached hydrogens (tertiary/aromatic N) is 2. The molecular formula is C29H37N3O3S. The number of hydrogen-bond donors (Lipinski definition) is 1. The van der Waals surface area contributed by atoms with E-state index in [0.29, 0.717) is 24.1 Å². The number of imidazole rings is 1. The first-order valence-electron chi connectivity index (χ1n) is 13.1. The van der Waals surface area contributed by atoms with Crippen molar-refractivity contribution in [2.45, 2.75) is 77.6 Å². The predicted molar refractivity (Wildman–Crippen MR) is 142 cm³/mol. The Bertz CT molecular complexity index is 1250. The van der Waals surface area contributed by atoms with Crippen molar-refractivity contribution in [3.63, 3.8) is 0 Å². The number of carbonyl (C=O) groups is 2. The van der Waals surface area contributed by atoms with E-state index in [9.17, 15) is 9.59 Å². The molecule has 0 saturated heterocycles. The van der Waals surface area contributed by atoms with E-state index in [1.54, 1.807) is 0 Å². The molecule has 5 rings (SSSR count). The zero-order valence-electron chi connectivity index (χ0n) is 21.8. The number of aromatic nitrogens is 2. The molecule has 0 spiro atoms. The second-order valence-electron chi connectivity index (χ2n) is 11.5. The first-order valence-corrected chi connectivity index (χ1v) is 14.0. The van der Waals surface area contributed by atoms with E-state index in [1.807, 2.05) is 22.2 Å². The molecule has 0 bridgehead atoms. The van der Waals surface area contributed by atoms with Crippen LogP contribution >= 0.6 is 11.3 Å². The van der Waals surface area contributed by atoms with Gasteiger partial charge in [0.2, 0.25) is 0 Å². The van der Waals surface area contributed by atoms with Crippen LogP contribution in [0.2, 0.25) is 0 Å². The topological polar surface area (TPSA) is 72.7 Å². The molecule has 1 N–H and O–H groups in total. The molecule has 1 amide bonds. The maximum atomic E-state index is 12.6. The number of nitrogens with one attached hydrogen (secondary N) is 1. The van der Waals surface area contributed by atoms with Crippen LogP contribution < -0.4 is 5.32 Å². The number of carbonyl (C=O) groups excluding carboxylic acids is 2. The molecule has 3 aromatic rings. The van der Waals surface area contributed by atoms with Gasteiger partial charge in [0, 0.05) is 24.3 Å². The molecule has 7 heteroatoms. The molecule has 0 aliphatic heterocycles. The van der Waals surface area contributed by atoms with Crippen LogP contribution in [0.5, 0.6) is 0 Å². The summed E-state index contributed by atoms with van der Waals surface area (Å²) in [5.41, 5.74) is 5.24. The molecule has 2 aromatic heterocycles. The lowest BCUT2D eigenvalue weighted by molar-refractivity contribution is -0.148. The van der Waals surface area contributed by atoms with Gasteiger partial charge in [0.05, 0.1) is 12.1 Å². The molecule has 1 fully saturated rings. The third-order valence-corrected chi connectivity index (χ3v) is 9.46. The highest BCUT2D eigenvalue weighted by molar-refractivity contribution is 7.15. The van der Waals surface area contributed by atoms with E-state index in [0.717, 1.165) is 30.6 Å². The van der Waals surface area contributed by atoms with Gasteiger partial charge in [-0.15, -0.1) is 11.3 Å². The van der Waals surface area contributed by atoms with Crippen molar-refractivity contribution in [2.24, 2.45) is 11.3 Å². The molecule has 3 atom stereocenters. The Balaban J connectivity index is 1.18. The monoisotopic (exact) mass is 507 g/mol. The zero-order valence-corrected chi connectivity index (χ0v) is 22.6. The normalized spacial score (nSPS) is 25.4. The van der Waals surface area contributed by atoms with E-state index < -0.39 is 5.97 Å². The fourth-order valence-electron chi connectivity index (χ4n) is 6.77. The summed E-state index contributed by atoms with van der Waals surface area (Å²) in [5.74, 6) is 0.379. The molecule has 192 valence electrons. The number of aryl methyl sites for hydroxylation is 1. The highest BCUT2D eigenvalue weighted by atomic mass is 32.1. The van der Waals surface area contributed by atoms with Crippen molar-refractivity contribution in [2.75, 3.05) is 13.2 Å². The zero-order chi connectivity index (χ0) is 25.5. The minimum absolute atomic E-state index is 0.0171. The predicted octanol–water partition coefficient (Wildman–Crippen LogP) is 5.43. The first-order chi connectivity index (χ1) is 17.2. The Morgan fingerprint density at radius 1 is 1.28 bits per heavy atom. The first kappa shape index (κ1) is 25.0. The van der Waals surface area contributed by atoms with Crippen LogP contribution in [-0.4, -0.2) is 34.4 Å². The van der Waals surface area contributed by atoms with Crippen molar-refractivity contribution < 1.29 is 14.3 Å². The number of esters is 1. The van der Waals surface area contributed by atoms with Crippen LogP contribution in [0.15, 0.2) is 36.0 Å². The molecule has 1 saturated carbocycles. The van der Waals surface area contributed by atoms with Gasteiger partial charge in [0.1, 0.15) is 0 Å². The van der Waals surface area contributed by atoms with Gasteiger partial charge in [0.25, 0.3) is 5.91 Å². The Labute approximate surface area is 217 Å². The van der Waals surface area contributed by atoms with Gasteiger partial charge in [-0.25, -0.2) is 4.98 Å². The Hall–Kier alpha value is -2.67. The SMILES string of the molecule is CC(C)c1ccc2c(c1)CCC1C(C)(CNC(=O)COC(=O)Cc3cn4ccsc4n3)CCCC21C. The summed E-state index contributed by atoms with van der Waals surface area (Å²) < 4.78 is 7.14. The van der Waals surface area contributed by atoms with Crippen LogP contribution in [0.1, 0.15) is 81.7 Å². The van der Waals surface area contributed by atoms with Gasteiger partial charge in [-0.2, -0.15) is 0 Å². The Kier molecular flexibility index (Phi) is 6.70. The third kappa shape index (κ3) is 4.70. The second-order valence-corrected chi connectivity index (χ2v) is 12.4. The van der Waals surface area contributed by atoms with Crippen LogP contribution in [0, 0.1) is 11.3 Å². The molecule has 36 heavy (non-hydrogen) atoms. The Morgan fingerprint density at radius 2 is 2.11 bits per heavy atom. The minimum Gasteiger partial charge on any atom is -0.455 e. The van der Waals surface area contributed by atoms with Gasteiger partial charge >= 0.3 is 5.97 Å². The molecule has 0 radical (unpaired) electrons.